The monoisotopic (exact) mass is 526 g/mol. The highest BCUT2D eigenvalue weighted by molar-refractivity contribution is 7.21. The van der Waals surface area contributed by atoms with Gasteiger partial charge in [-0.2, -0.15) is 10.2 Å². The van der Waals surface area contributed by atoms with Crippen molar-refractivity contribution in [3.63, 3.8) is 0 Å². The van der Waals surface area contributed by atoms with Crippen molar-refractivity contribution in [1.82, 2.24) is 29.4 Å². The Morgan fingerprint density at radius 2 is 1.95 bits per heavy atom. The number of hydrogen-bond acceptors (Lipinski definition) is 7. The van der Waals surface area contributed by atoms with Crippen LogP contribution in [0, 0.1) is 12.7 Å². The van der Waals surface area contributed by atoms with E-state index in [2.05, 4.69) is 15.5 Å². The molecular weight excluding hydrogens is 499 g/mol. The molecule has 1 aliphatic rings. The molecule has 1 aliphatic carbocycles. The highest BCUT2D eigenvalue weighted by Crippen LogP contribution is 2.31. The Bertz CT molecular complexity index is 1610. The summed E-state index contributed by atoms with van der Waals surface area (Å²) in [6.07, 6.45) is 5.06. The van der Waals surface area contributed by atoms with Crippen molar-refractivity contribution in [2.45, 2.75) is 58.2 Å². The normalized spacial score (nSPS) is 13.8. The average molecular weight is 527 g/mol. The fourth-order valence-electron chi connectivity index (χ4n) is 4.40. The maximum absolute atomic E-state index is 14.0. The number of benzene rings is 1. The molecule has 37 heavy (non-hydrogen) atoms. The van der Waals surface area contributed by atoms with E-state index in [4.69, 9.17) is 4.74 Å². The lowest BCUT2D eigenvalue weighted by atomic mass is 10.0. The Balaban J connectivity index is 1.71. The molecule has 3 heterocycles. The van der Waals surface area contributed by atoms with Crippen molar-refractivity contribution in [2.75, 3.05) is 7.11 Å². The molecule has 1 N–H and O–H groups in total. The molecule has 194 valence electrons. The summed E-state index contributed by atoms with van der Waals surface area (Å²) in [7, 11) is 1.49. The molecule has 0 radical (unpaired) electrons. The Labute approximate surface area is 215 Å². The molecule has 1 fully saturated rings. The molecule has 0 saturated heterocycles. The first-order valence-corrected chi connectivity index (χ1v) is 12.7. The van der Waals surface area contributed by atoms with E-state index < -0.39 is 28.5 Å². The van der Waals surface area contributed by atoms with Crippen LogP contribution in [-0.2, 0) is 23.3 Å². The van der Waals surface area contributed by atoms with Crippen LogP contribution in [0.1, 0.15) is 37.8 Å². The van der Waals surface area contributed by atoms with Crippen molar-refractivity contribution in [2.24, 2.45) is 0 Å². The van der Waals surface area contributed by atoms with E-state index in [1.807, 2.05) is 0 Å². The van der Waals surface area contributed by atoms with Crippen LogP contribution in [0.15, 0.2) is 40.2 Å². The molecule has 0 unspecified atom stereocenters. The van der Waals surface area contributed by atoms with Crippen LogP contribution < -0.4 is 21.3 Å². The van der Waals surface area contributed by atoms with E-state index in [-0.39, 0.29) is 19.0 Å². The van der Waals surface area contributed by atoms with E-state index >= 15 is 0 Å². The first-order chi connectivity index (χ1) is 17.6. The minimum atomic E-state index is -1.44. The number of aromatic nitrogens is 5. The van der Waals surface area contributed by atoms with Crippen molar-refractivity contribution in [3.8, 4) is 10.8 Å². The molecule has 0 atom stereocenters. The first kappa shape index (κ1) is 24.9. The third kappa shape index (κ3) is 4.35. The van der Waals surface area contributed by atoms with Gasteiger partial charge < -0.3 is 10.1 Å². The van der Waals surface area contributed by atoms with Crippen LogP contribution in [0.3, 0.4) is 0 Å². The predicted octanol–water partition coefficient (Wildman–Crippen LogP) is 2.52. The van der Waals surface area contributed by atoms with Crippen LogP contribution in [0.2, 0.25) is 0 Å². The molecule has 12 heteroatoms. The van der Waals surface area contributed by atoms with Crippen LogP contribution in [0.5, 0.6) is 5.75 Å². The molecule has 10 nitrogen and oxygen atoms in total. The standard InChI is InChI=1S/C25H27FN6O4S/c1-14-19-20(33)31(25(2,3)23(34)29-17-6-7-17)24(35)30(22(19)37-21(14)32-27-10-11-28-32)12-9-15-13-16(26)5-8-18(15)36-4/h5,8,10-11,13,17H,6-7,9,12H2,1-4H3,(H,29,34). The van der Waals surface area contributed by atoms with Gasteiger partial charge in [0.2, 0.25) is 5.91 Å². The second kappa shape index (κ2) is 9.25. The van der Waals surface area contributed by atoms with E-state index in [0.29, 0.717) is 32.1 Å². The summed E-state index contributed by atoms with van der Waals surface area (Å²) in [5.74, 6) is -0.323. The number of fused-ring (bicyclic) bond motifs is 1. The molecule has 0 bridgehead atoms. The van der Waals surface area contributed by atoms with Crippen LogP contribution >= 0.6 is 11.3 Å². The van der Waals surface area contributed by atoms with Crippen molar-refractivity contribution in [1.29, 1.82) is 0 Å². The Kier molecular flexibility index (Phi) is 6.22. The molecular formula is C25H27FN6O4S. The molecule has 1 aromatic carbocycles. The number of nitrogens with zero attached hydrogens (tertiary/aromatic N) is 5. The SMILES string of the molecule is COc1ccc(F)cc1CCn1c(=O)n(C(C)(C)C(=O)NC2CC2)c(=O)c2c(C)c(-n3nccn3)sc21. The number of carbonyl (C=O) groups is 1. The van der Waals surface area contributed by atoms with E-state index in [9.17, 15) is 18.8 Å². The van der Waals surface area contributed by atoms with Gasteiger partial charge in [-0.15, -0.1) is 4.80 Å². The third-order valence-electron chi connectivity index (χ3n) is 6.66. The summed E-state index contributed by atoms with van der Waals surface area (Å²) in [5, 5.41) is 12.2. The van der Waals surface area contributed by atoms with Gasteiger partial charge >= 0.3 is 5.69 Å². The van der Waals surface area contributed by atoms with Gasteiger partial charge in [-0.25, -0.2) is 13.8 Å². The van der Waals surface area contributed by atoms with Crippen molar-refractivity contribution < 1.29 is 13.9 Å². The summed E-state index contributed by atoms with van der Waals surface area (Å²) < 4.78 is 21.9. The molecule has 0 aliphatic heterocycles. The zero-order valence-corrected chi connectivity index (χ0v) is 21.8. The summed E-state index contributed by atoms with van der Waals surface area (Å²) in [4.78, 5) is 42.7. The lowest BCUT2D eigenvalue weighted by Crippen LogP contribution is -2.56. The fourth-order valence-corrected chi connectivity index (χ4v) is 5.64. The summed E-state index contributed by atoms with van der Waals surface area (Å²) in [6.45, 7) is 5.03. The second-order valence-electron chi connectivity index (χ2n) is 9.62. The molecule has 1 amide bonds. The number of thiophene rings is 1. The minimum absolute atomic E-state index is 0.0641. The third-order valence-corrected chi connectivity index (χ3v) is 7.94. The fraction of sp³-hybridized carbons (Fsp3) is 0.400. The Hall–Kier alpha value is -3.80. The largest absolute Gasteiger partial charge is 0.496 e. The smallest absolute Gasteiger partial charge is 0.333 e. The summed E-state index contributed by atoms with van der Waals surface area (Å²) in [5.41, 5.74) is -1.44. The highest BCUT2D eigenvalue weighted by atomic mass is 32.1. The number of rotatable bonds is 8. The summed E-state index contributed by atoms with van der Waals surface area (Å²) in [6, 6.07) is 4.27. The maximum atomic E-state index is 14.0. The second-order valence-corrected chi connectivity index (χ2v) is 10.6. The molecule has 4 aromatic rings. The maximum Gasteiger partial charge on any atom is 0.333 e. The molecule has 0 spiro atoms. The van der Waals surface area contributed by atoms with Crippen LogP contribution in [-0.4, -0.2) is 43.2 Å². The Morgan fingerprint density at radius 1 is 1.24 bits per heavy atom. The van der Waals surface area contributed by atoms with Crippen LogP contribution in [0.25, 0.3) is 15.2 Å². The first-order valence-electron chi connectivity index (χ1n) is 11.9. The topological polar surface area (TPSA) is 113 Å². The number of nitrogens with one attached hydrogen (secondary N) is 1. The van der Waals surface area contributed by atoms with Crippen molar-refractivity contribution >= 4 is 27.5 Å². The number of halogens is 1. The van der Waals surface area contributed by atoms with Crippen molar-refractivity contribution in [3.05, 3.63) is 68.4 Å². The highest BCUT2D eigenvalue weighted by Gasteiger charge is 2.38. The summed E-state index contributed by atoms with van der Waals surface area (Å²) >= 11 is 1.21. The van der Waals surface area contributed by atoms with Gasteiger partial charge in [-0.1, -0.05) is 11.3 Å². The van der Waals surface area contributed by atoms with Gasteiger partial charge in [0, 0.05) is 18.2 Å². The zero-order chi connectivity index (χ0) is 26.5. The number of aryl methyl sites for hydroxylation is 3. The lowest BCUT2D eigenvalue weighted by Gasteiger charge is -2.26. The lowest BCUT2D eigenvalue weighted by molar-refractivity contribution is -0.128. The van der Waals surface area contributed by atoms with Gasteiger partial charge in [0.15, 0.2) is 0 Å². The zero-order valence-electron chi connectivity index (χ0n) is 20.9. The molecule has 1 saturated carbocycles. The minimum Gasteiger partial charge on any atom is -0.496 e. The van der Waals surface area contributed by atoms with Gasteiger partial charge in [-0.3, -0.25) is 14.2 Å². The number of amides is 1. The van der Waals surface area contributed by atoms with E-state index in [1.54, 1.807) is 20.8 Å². The number of carbonyl (C=O) groups excluding carboxylic acids is 1. The van der Waals surface area contributed by atoms with Gasteiger partial charge in [0.1, 0.15) is 26.9 Å². The Morgan fingerprint density at radius 3 is 2.59 bits per heavy atom. The van der Waals surface area contributed by atoms with Gasteiger partial charge in [0.25, 0.3) is 5.56 Å². The predicted molar refractivity (Wildman–Crippen MR) is 137 cm³/mol. The van der Waals surface area contributed by atoms with E-state index in [1.165, 1.54) is 58.4 Å². The quantitative estimate of drug-likeness (QED) is 0.378. The van der Waals surface area contributed by atoms with Gasteiger partial charge in [-0.05, 0) is 63.8 Å². The number of ether oxygens (including phenoxy) is 1. The van der Waals surface area contributed by atoms with E-state index in [0.717, 1.165) is 17.4 Å². The van der Waals surface area contributed by atoms with Crippen LogP contribution in [0.4, 0.5) is 4.39 Å². The average Bonchev–Trinajstić information content (AvgIpc) is 3.36. The molecule has 5 rings (SSSR count). The molecule has 3 aromatic heterocycles. The van der Waals surface area contributed by atoms with Gasteiger partial charge in [0.05, 0.1) is 24.9 Å². The number of methoxy groups -OCH3 is 1. The number of hydrogen-bond donors (Lipinski definition) is 1.